The third-order valence-corrected chi connectivity index (χ3v) is 13.7. The third kappa shape index (κ3) is 51.7. The van der Waals surface area contributed by atoms with Crippen LogP contribution in [0.3, 0.4) is 0 Å². The van der Waals surface area contributed by atoms with Crippen molar-refractivity contribution in [3.05, 3.63) is 24.3 Å². The molecular formula is C60H115NO5. The van der Waals surface area contributed by atoms with Gasteiger partial charge in [0.2, 0.25) is 5.91 Å². The Bertz CT molecular complexity index is 1030. The molecule has 0 bridgehead atoms. The van der Waals surface area contributed by atoms with Crippen molar-refractivity contribution in [3.63, 3.8) is 0 Å². The molecule has 2 atom stereocenters. The van der Waals surface area contributed by atoms with E-state index >= 15 is 0 Å². The summed E-state index contributed by atoms with van der Waals surface area (Å²) in [6, 6.07) is -0.649. The van der Waals surface area contributed by atoms with Crippen molar-refractivity contribution in [1.29, 1.82) is 0 Å². The molecule has 0 aromatic carbocycles. The number of nitrogens with one attached hydrogen (secondary N) is 1. The zero-order valence-electron chi connectivity index (χ0n) is 44.4. The minimum absolute atomic E-state index is 0.0138. The standard InChI is InChI=1S/C60H115NO5/c1-3-5-7-9-11-13-15-16-17-18-19-20-21-22-23-24-25-26-27-29-33-36-40-44-48-52-58(63)57(56-62)61-59(64)53-49-45-41-37-34-30-28-31-35-39-43-47-51-55-66-60(65)54-50-46-42-38-32-14-12-10-8-6-4-2/h30,34,48,52,57-58,62-63H,3-29,31-33,35-47,49-51,53-56H2,1-2H3,(H,61,64)/b34-30-,52-48+. The van der Waals surface area contributed by atoms with E-state index in [-0.39, 0.29) is 18.5 Å². The van der Waals surface area contributed by atoms with E-state index < -0.39 is 12.1 Å². The molecule has 0 aliphatic heterocycles. The lowest BCUT2D eigenvalue weighted by molar-refractivity contribution is -0.143. The van der Waals surface area contributed by atoms with Gasteiger partial charge in [0.1, 0.15) is 0 Å². The van der Waals surface area contributed by atoms with Crippen LogP contribution in [0.25, 0.3) is 0 Å². The van der Waals surface area contributed by atoms with E-state index in [1.54, 1.807) is 6.08 Å². The van der Waals surface area contributed by atoms with Crippen LogP contribution in [-0.2, 0) is 14.3 Å². The normalized spacial score (nSPS) is 12.7. The summed E-state index contributed by atoms with van der Waals surface area (Å²) in [4.78, 5) is 24.5. The van der Waals surface area contributed by atoms with E-state index in [0.717, 1.165) is 70.6 Å². The van der Waals surface area contributed by atoms with Gasteiger partial charge >= 0.3 is 5.97 Å². The van der Waals surface area contributed by atoms with Crippen molar-refractivity contribution in [2.75, 3.05) is 13.2 Å². The lowest BCUT2D eigenvalue weighted by Gasteiger charge is -2.19. The van der Waals surface area contributed by atoms with Crippen LogP contribution in [-0.4, -0.2) is 47.4 Å². The minimum atomic E-state index is -0.862. The molecule has 0 saturated heterocycles. The van der Waals surface area contributed by atoms with Gasteiger partial charge in [0.15, 0.2) is 0 Å². The average molecular weight is 931 g/mol. The Hall–Kier alpha value is -1.66. The number of hydrogen-bond acceptors (Lipinski definition) is 5. The third-order valence-electron chi connectivity index (χ3n) is 13.7. The predicted octanol–water partition coefficient (Wildman–Crippen LogP) is 18.2. The maximum atomic E-state index is 12.5. The number of carbonyl (C=O) groups excluding carboxylic acids is 2. The van der Waals surface area contributed by atoms with Crippen molar-refractivity contribution in [2.24, 2.45) is 0 Å². The van der Waals surface area contributed by atoms with Gasteiger partial charge in [-0.2, -0.15) is 0 Å². The second kappa shape index (κ2) is 55.9. The number of unbranched alkanes of at least 4 members (excludes halogenated alkanes) is 42. The highest BCUT2D eigenvalue weighted by Crippen LogP contribution is 2.17. The molecule has 0 aliphatic rings. The van der Waals surface area contributed by atoms with Crippen LogP contribution < -0.4 is 5.32 Å². The Balaban J connectivity index is 3.52. The molecule has 390 valence electrons. The first-order chi connectivity index (χ1) is 32.5. The molecule has 3 N–H and O–H groups in total. The van der Waals surface area contributed by atoms with Crippen molar-refractivity contribution < 1.29 is 24.5 Å². The van der Waals surface area contributed by atoms with Gasteiger partial charge in [0.25, 0.3) is 0 Å². The van der Waals surface area contributed by atoms with Gasteiger partial charge in [-0.1, -0.05) is 276 Å². The molecule has 0 aliphatic carbocycles. The highest BCUT2D eigenvalue weighted by atomic mass is 16.5. The van der Waals surface area contributed by atoms with Crippen molar-refractivity contribution >= 4 is 11.9 Å². The molecule has 0 rings (SSSR count). The van der Waals surface area contributed by atoms with Crippen LogP contribution in [0.5, 0.6) is 0 Å². The smallest absolute Gasteiger partial charge is 0.305 e. The van der Waals surface area contributed by atoms with Gasteiger partial charge in [-0.3, -0.25) is 9.59 Å². The Morgan fingerprint density at radius 2 is 0.712 bits per heavy atom. The highest BCUT2D eigenvalue weighted by molar-refractivity contribution is 5.76. The number of carbonyl (C=O) groups is 2. The summed E-state index contributed by atoms with van der Waals surface area (Å²) < 4.78 is 5.44. The van der Waals surface area contributed by atoms with E-state index in [4.69, 9.17) is 4.74 Å². The number of esters is 1. The molecular weight excluding hydrogens is 815 g/mol. The lowest BCUT2D eigenvalue weighted by atomic mass is 10.0. The van der Waals surface area contributed by atoms with Crippen LogP contribution in [0.15, 0.2) is 24.3 Å². The number of allylic oxidation sites excluding steroid dienone is 3. The zero-order valence-corrected chi connectivity index (χ0v) is 44.4. The summed E-state index contributed by atoms with van der Waals surface area (Å²) in [7, 11) is 0. The van der Waals surface area contributed by atoms with Crippen LogP contribution in [0.4, 0.5) is 0 Å². The summed E-state index contributed by atoms with van der Waals surface area (Å²) >= 11 is 0. The number of ether oxygens (including phenoxy) is 1. The molecule has 66 heavy (non-hydrogen) atoms. The summed E-state index contributed by atoms with van der Waals surface area (Å²) in [5.41, 5.74) is 0. The molecule has 0 aromatic rings. The Labute approximate surface area is 411 Å². The first-order valence-corrected chi connectivity index (χ1v) is 29.6. The van der Waals surface area contributed by atoms with Gasteiger partial charge < -0.3 is 20.3 Å². The topological polar surface area (TPSA) is 95.9 Å². The highest BCUT2D eigenvalue weighted by Gasteiger charge is 2.18. The molecule has 1 amide bonds. The molecule has 6 heteroatoms. The number of rotatable bonds is 55. The summed E-state index contributed by atoms with van der Waals surface area (Å²) in [6.07, 6.45) is 67.8. The van der Waals surface area contributed by atoms with Crippen molar-refractivity contribution in [2.45, 2.75) is 334 Å². The van der Waals surface area contributed by atoms with Gasteiger partial charge in [-0.05, 0) is 57.8 Å². The number of aliphatic hydroxyl groups is 2. The van der Waals surface area contributed by atoms with Gasteiger partial charge in [-0.25, -0.2) is 0 Å². The maximum absolute atomic E-state index is 12.5. The summed E-state index contributed by atoms with van der Waals surface area (Å²) in [5.74, 6) is -0.108. The minimum Gasteiger partial charge on any atom is -0.466 e. The fourth-order valence-corrected chi connectivity index (χ4v) is 9.16. The molecule has 0 spiro atoms. The SMILES string of the molecule is CCCCCCCCCCCCCCCCCCCCCCCCC/C=C/C(O)C(CO)NC(=O)CCCCC/C=C\CCCCCCCCOC(=O)CCCCCCCCCCCCC. The quantitative estimate of drug-likeness (QED) is 0.0321. The van der Waals surface area contributed by atoms with E-state index in [2.05, 4.69) is 31.3 Å². The molecule has 0 radical (unpaired) electrons. The summed E-state index contributed by atoms with van der Waals surface area (Å²) in [6.45, 7) is 4.87. The van der Waals surface area contributed by atoms with Crippen LogP contribution in [0.1, 0.15) is 322 Å². The Morgan fingerprint density at radius 3 is 1.09 bits per heavy atom. The van der Waals surface area contributed by atoms with Crippen LogP contribution in [0, 0.1) is 0 Å². The maximum Gasteiger partial charge on any atom is 0.305 e. The van der Waals surface area contributed by atoms with Crippen molar-refractivity contribution in [1.82, 2.24) is 5.32 Å². The summed E-state index contributed by atoms with van der Waals surface area (Å²) in [5, 5.41) is 23.2. The van der Waals surface area contributed by atoms with Crippen LogP contribution >= 0.6 is 0 Å². The fourth-order valence-electron chi connectivity index (χ4n) is 9.16. The average Bonchev–Trinajstić information content (AvgIpc) is 3.32. The van der Waals surface area contributed by atoms with Gasteiger partial charge in [0, 0.05) is 12.8 Å². The monoisotopic (exact) mass is 930 g/mol. The van der Waals surface area contributed by atoms with Crippen LogP contribution in [0.2, 0.25) is 0 Å². The number of hydrogen-bond donors (Lipinski definition) is 3. The molecule has 0 fully saturated rings. The largest absolute Gasteiger partial charge is 0.466 e. The van der Waals surface area contributed by atoms with E-state index in [9.17, 15) is 19.8 Å². The van der Waals surface area contributed by atoms with E-state index in [1.807, 2.05) is 6.08 Å². The molecule has 0 aromatic heterocycles. The Morgan fingerprint density at radius 1 is 0.409 bits per heavy atom. The predicted molar refractivity (Wildman–Crippen MR) is 287 cm³/mol. The van der Waals surface area contributed by atoms with Gasteiger partial charge in [0.05, 0.1) is 25.4 Å². The molecule has 2 unspecified atom stereocenters. The number of aliphatic hydroxyl groups excluding tert-OH is 2. The zero-order chi connectivity index (χ0) is 47.9. The Kier molecular flexibility index (Phi) is 54.5. The first kappa shape index (κ1) is 64.3. The lowest BCUT2D eigenvalue weighted by Crippen LogP contribution is -2.45. The second-order valence-electron chi connectivity index (χ2n) is 20.3. The second-order valence-corrected chi connectivity index (χ2v) is 20.3. The first-order valence-electron chi connectivity index (χ1n) is 29.6. The van der Waals surface area contributed by atoms with E-state index in [1.165, 1.54) is 225 Å². The fraction of sp³-hybridized carbons (Fsp3) is 0.900. The van der Waals surface area contributed by atoms with E-state index in [0.29, 0.717) is 19.4 Å². The molecule has 6 nitrogen and oxygen atoms in total. The number of amides is 1. The molecule has 0 heterocycles. The van der Waals surface area contributed by atoms with Gasteiger partial charge in [-0.15, -0.1) is 0 Å². The van der Waals surface area contributed by atoms with Crippen molar-refractivity contribution in [3.8, 4) is 0 Å². The molecule has 0 saturated carbocycles.